The number of ether oxygens (including phenoxy) is 1. The normalized spacial score (nSPS) is 11.8. The molecule has 0 fully saturated rings. The molecule has 0 unspecified atom stereocenters. The lowest BCUT2D eigenvalue weighted by molar-refractivity contribution is -0.430. The summed E-state index contributed by atoms with van der Waals surface area (Å²) in [6.45, 7) is 10.8. The molecule has 88 valence electrons. The van der Waals surface area contributed by atoms with Gasteiger partial charge in [-0.05, 0) is 62.4 Å². The van der Waals surface area contributed by atoms with Gasteiger partial charge in [-0.3, -0.25) is 0 Å². The van der Waals surface area contributed by atoms with Gasteiger partial charge in [0.1, 0.15) is 7.05 Å². The lowest BCUT2D eigenvalue weighted by Crippen LogP contribution is -2.69. The Kier molecular flexibility index (Phi) is 3.74. The van der Waals surface area contributed by atoms with E-state index in [2.05, 4.69) is 39.6 Å². The molecule has 0 amide bonds. The highest BCUT2D eigenvalue weighted by Crippen LogP contribution is 2.25. The van der Waals surface area contributed by atoms with Crippen LogP contribution in [-0.4, -0.2) is 20.1 Å². The minimum Gasteiger partial charge on any atom is -0.448 e. The van der Waals surface area contributed by atoms with Crippen molar-refractivity contribution in [1.82, 2.24) is 0 Å². The lowest BCUT2D eigenvalue weighted by Gasteiger charge is -2.16. The lowest BCUT2D eigenvalue weighted by atomic mass is 9.89. The van der Waals surface area contributed by atoms with Crippen LogP contribution in [0.25, 0.3) is 0 Å². The maximum Gasteiger partial charge on any atom is 0.368 e. The van der Waals surface area contributed by atoms with Crippen LogP contribution in [0, 0.1) is 34.6 Å². The molecule has 0 saturated heterocycles. The van der Waals surface area contributed by atoms with E-state index in [4.69, 9.17) is 4.74 Å². The maximum absolute atomic E-state index is 5.40. The summed E-state index contributed by atoms with van der Waals surface area (Å²) in [7, 11) is 3.59. The molecule has 1 aromatic rings. The van der Waals surface area contributed by atoms with Crippen LogP contribution in [0.3, 0.4) is 0 Å². The zero-order chi connectivity index (χ0) is 12.5. The van der Waals surface area contributed by atoms with E-state index in [1.807, 2.05) is 7.05 Å². The van der Waals surface area contributed by atoms with Crippen LogP contribution in [0.4, 0.5) is 0 Å². The summed E-state index contributed by atoms with van der Waals surface area (Å²) in [5, 5.41) is 0. The van der Waals surface area contributed by atoms with Gasteiger partial charge in [0.05, 0.1) is 12.7 Å². The van der Waals surface area contributed by atoms with Gasteiger partial charge in [-0.2, -0.15) is 0 Å². The molecule has 0 saturated carbocycles. The summed E-state index contributed by atoms with van der Waals surface area (Å²) < 4.78 is 5.40. The first-order valence-corrected chi connectivity index (χ1v) is 5.61. The monoisotopic (exact) mass is 220 g/mol. The molecule has 0 spiro atoms. The van der Waals surface area contributed by atoms with Crippen LogP contribution in [0.2, 0.25) is 0 Å². The molecule has 0 aromatic heterocycles. The highest BCUT2D eigenvalue weighted by Gasteiger charge is 2.20. The van der Waals surface area contributed by atoms with Gasteiger partial charge in [-0.1, -0.05) is 0 Å². The van der Waals surface area contributed by atoms with E-state index in [1.54, 1.807) is 7.11 Å². The molecule has 1 N–H and O–H groups in total. The van der Waals surface area contributed by atoms with Crippen molar-refractivity contribution >= 4 is 5.90 Å². The number of methoxy groups -OCH3 is 1. The Bertz CT molecular complexity index is 416. The van der Waals surface area contributed by atoms with E-state index in [0.717, 1.165) is 5.90 Å². The van der Waals surface area contributed by atoms with Crippen LogP contribution in [0.15, 0.2) is 0 Å². The van der Waals surface area contributed by atoms with E-state index < -0.39 is 0 Å². The predicted molar refractivity (Wildman–Crippen MR) is 68.1 cm³/mol. The van der Waals surface area contributed by atoms with Crippen molar-refractivity contribution in [1.29, 1.82) is 0 Å². The van der Waals surface area contributed by atoms with Gasteiger partial charge < -0.3 is 4.74 Å². The van der Waals surface area contributed by atoms with Crippen molar-refractivity contribution in [2.24, 2.45) is 0 Å². The first-order chi connectivity index (χ1) is 7.45. The minimum atomic E-state index is 0.848. The molecule has 0 heterocycles. The summed E-state index contributed by atoms with van der Waals surface area (Å²) in [4.78, 5) is 3.12. The third-order valence-electron chi connectivity index (χ3n) is 3.66. The fourth-order valence-electron chi connectivity index (χ4n) is 2.17. The fraction of sp³-hybridized carbons (Fsp3) is 0.500. The number of rotatable bonds is 1. The average molecular weight is 220 g/mol. The van der Waals surface area contributed by atoms with E-state index in [1.165, 1.54) is 33.4 Å². The first-order valence-electron chi connectivity index (χ1n) is 5.61. The zero-order valence-electron chi connectivity index (χ0n) is 11.4. The van der Waals surface area contributed by atoms with Crippen molar-refractivity contribution in [2.75, 3.05) is 14.2 Å². The largest absolute Gasteiger partial charge is 0.448 e. The van der Waals surface area contributed by atoms with Crippen molar-refractivity contribution in [3.05, 3.63) is 33.4 Å². The Morgan fingerprint density at radius 1 is 0.812 bits per heavy atom. The van der Waals surface area contributed by atoms with Crippen molar-refractivity contribution < 1.29 is 9.73 Å². The van der Waals surface area contributed by atoms with Crippen LogP contribution >= 0.6 is 0 Å². The Labute approximate surface area is 98.4 Å². The second kappa shape index (κ2) is 4.69. The Morgan fingerprint density at radius 2 is 1.19 bits per heavy atom. The van der Waals surface area contributed by atoms with Crippen LogP contribution in [0.1, 0.15) is 33.4 Å². The third-order valence-corrected chi connectivity index (χ3v) is 3.66. The Balaban J connectivity index is 3.64. The standard InChI is InChI=1S/C14H21NO/c1-8-9(2)11(4)13(12(5)10(8)3)14(15-6)16-7/h1-7H3/p+1. The molecule has 1 aromatic carbocycles. The second-order valence-corrected chi connectivity index (χ2v) is 4.28. The summed E-state index contributed by atoms with van der Waals surface area (Å²) in [5.41, 5.74) is 7.88. The molecule has 2 nitrogen and oxygen atoms in total. The Hall–Kier alpha value is -1.31. The molecular weight excluding hydrogens is 198 g/mol. The van der Waals surface area contributed by atoms with Gasteiger partial charge in [0.2, 0.25) is 0 Å². The van der Waals surface area contributed by atoms with E-state index in [-0.39, 0.29) is 0 Å². The van der Waals surface area contributed by atoms with Crippen LogP contribution in [-0.2, 0) is 4.74 Å². The number of hydrogen-bond acceptors (Lipinski definition) is 1. The molecule has 1 rings (SSSR count). The summed E-state index contributed by atoms with van der Waals surface area (Å²) in [6, 6.07) is 0. The van der Waals surface area contributed by atoms with Gasteiger partial charge in [-0.25, -0.2) is 4.99 Å². The number of nitrogens with one attached hydrogen (secondary N) is 1. The van der Waals surface area contributed by atoms with Crippen molar-refractivity contribution in [2.45, 2.75) is 34.6 Å². The van der Waals surface area contributed by atoms with Crippen molar-refractivity contribution in [3.63, 3.8) is 0 Å². The molecule has 0 aliphatic rings. The molecule has 0 atom stereocenters. The Morgan fingerprint density at radius 3 is 1.50 bits per heavy atom. The number of benzene rings is 1. The average Bonchev–Trinajstić information content (AvgIpc) is 2.29. The highest BCUT2D eigenvalue weighted by molar-refractivity contribution is 5.93. The van der Waals surface area contributed by atoms with Gasteiger partial charge in [0.15, 0.2) is 0 Å². The summed E-state index contributed by atoms with van der Waals surface area (Å²) in [5.74, 6) is 0.848. The van der Waals surface area contributed by atoms with Crippen LogP contribution < -0.4 is 4.99 Å². The van der Waals surface area contributed by atoms with Gasteiger partial charge in [-0.15, -0.1) is 0 Å². The summed E-state index contributed by atoms with van der Waals surface area (Å²) in [6.07, 6.45) is 0. The highest BCUT2D eigenvalue weighted by atomic mass is 16.5. The topological polar surface area (TPSA) is 23.2 Å². The molecule has 0 bridgehead atoms. The fourth-order valence-corrected chi connectivity index (χ4v) is 2.17. The van der Waals surface area contributed by atoms with Crippen LogP contribution in [0.5, 0.6) is 0 Å². The smallest absolute Gasteiger partial charge is 0.368 e. The molecule has 0 aliphatic carbocycles. The molecule has 0 radical (unpaired) electrons. The SMILES string of the molecule is C[NH+]=C(OC)c1c(C)c(C)c(C)c(C)c1C. The maximum atomic E-state index is 5.40. The van der Waals surface area contributed by atoms with E-state index in [9.17, 15) is 0 Å². The van der Waals surface area contributed by atoms with Gasteiger partial charge >= 0.3 is 5.90 Å². The predicted octanol–water partition coefficient (Wildman–Crippen LogP) is 1.33. The van der Waals surface area contributed by atoms with E-state index in [0.29, 0.717) is 0 Å². The molecule has 0 aliphatic heterocycles. The minimum absolute atomic E-state index is 0.848. The van der Waals surface area contributed by atoms with Gasteiger partial charge in [0.25, 0.3) is 0 Å². The molecule has 16 heavy (non-hydrogen) atoms. The third kappa shape index (κ3) is 1.84. The molecular formula is C14H22NO+. The second-order valence-electron chi connectivity index (χ2n) is 4.28. The summed E-state index contributed by atoms with van der Waals surface area (Å²) >= 11 is 0. The quantitative estimate of drug-likeness (QED) is 0.560. The molecule has 2 heteroatoms. The van der Waals surface area contributed by atoms with Gasteiger partial charge in [0, 0.05) is 0 Å². The zero-order valence-corrected chi connectivity index (χ0v) is 11.4. The number of hydrogen-bond donors (Lipinski definition) is 1. The van der Waals surface area contributed by atoms with E-state index >= 15 is 0 Å². The van der Waals surface area contributed by atoms with Crippen molar-refractivity contribution in [3.8, 4) is 0 Å². The first kappa shape index (κ1) is 12.8.